The molecule has 0 unspecified atom stereocenters. The maximum Gasteiger partial charge on any atom is 0.271 e. The van der Waals surface area contributed by atoms with Gasteiger partial charge in [-0.05, 0) is 18.2 Å². The summed E-state index contributed by atoms with van der Waals surface area (Å²) < 4.78 is 5.21. The Kier molecular flexibility index (Phi) is 3.87. The van der Waals surface area contributed by atoms with E-state index in [2.05, 4.69) is 15.5 Å². The Labute approximate surface area is 123 Å². The van der Waals surface area contributed by atoms with E-state index in [1.54, 1.807) is 13.2 Å². The van der Waals surface area contributed by atoms with E-state index < -0.39 is 0 Å². The molecule has 1 aromatic heterocycles. The van der Waals surface area contributed by atoms with Crippen LogP contribution in [0, 0.1) is 0 Å². The van der Waals surface area contributed by atoms with E-state index in [1.165, 1.54) is 0 Å². The van der Waals surface area contributed by atoms with Crippen LogP contribution in [0.5, 0.6) is 5.75 Å². The molecule has 21 heavy (non-hydrogen) atoms. The second-order valence-electron chi connectivity index (χ2n) is 4.94. The van der Waals surface area contributed by atoms with Crippen LogP contribution in [-0.4, -0.2) is 54.3 Å². The number of carbonyl (C=O) groups is 1. The molecule has 1 amide bonds. The average Bonchev–Trinajstić information content (AvgIpc) is 3.05. The third kappa shape index (κ3) is 2.90. The second kappa shape index (κ2) is 5.97. The highest BCUT2D eigenvalue weighted by atomic mass is 16.5. The number of aromatic amines is 1. The largest absolute Gasteiger partial charge is 0.497 e. The minimum atomic E-state index is -0.00172. The number of nitrogens with one attached hydrogen (secondary N) is 2. The van der Waals surface area contributed by atoms with Crippen LogP contribution in [0.25, 0.3) is 11.3 Å². The monoisotopic (exact) mass is 286 g/mol. The maximum absolute atomic E-state index is 12.4. The Morgan fingerprint density at radius 1 is 1.29 bits per heavy atom. The van der Waals surface area contributed by atoms with Crippen LogP contribution in [-0.2, 0) is 0 Å². The van der Waals surface area contributed by atoms with Crippen molar-refractivity contribution in [1.82, 2.24) is 20.4 Å². The molecule has 6 heteroatoms. The fourth-order valence-corrected chi connectivity index (χ4v) is 2.40. The highest BCUT2D eigenvalue weighted by molar-refractivity contribution is 5.93. The molecular weight excluding hydrogens is 268 g/mol. The van der Waals surface area contributed by atoms with Crippen LogP contribution in [0.2, 0.25) is 0 Å². The molecule has 1 aliphatic rings. The summed E-state index contributed by atoms with van der Waals surface area (Å²) in [6, 6.07) is 9.41. The first-order valence-corrected chi connectivity index (χ1v) is 6.98. The van der Waals surface area contributed by atoms with Gasteiger partial charge in [-0.15, -0.1) is 0 Å². The lowest BCUT2D eigenvalue weighted by Crippen LogP contribution is -2.46. The summed E-state index contributed by atoms with van der Waals surface area (Å²) in [4.78, 5) is 14.2. The fraction of sp³-hybridized carbons (Fsp3) is 0.333. The third-order valence-corrected chi connectivity index (χ3v) is 3.58. The molecule has 0 radical (unpaired) electrons. The molecule has 1 fully saturated rings. The van der Waals surface area contributed by atoms with E-state index in [9.17, 15) is 4.79 Å². The standard InChI is InChI=1S/C15H18N4O2/c1-21-12-4-2-3-11(9-12)13-10-14(18-17-13)15(20)19-7-5-16-6-8-19/h2-4,9-10,16H,5-8H2,1H3,(H,17,18). The topological polar surface area (TPSA) is 70.2 Å². The summed E-state index contributed by atoms with van der Waals surface area (Å²) in [7, 11) is 1.63. The van der Waals surface area contributed by atoms with Crippen molar-refractivity contribution < 1.29 is 9.53 Å². The van der Waals surface area contributed by atoms with E-state index in [-0.39, 0.29) is 5.91 Å². The number of piperazine rings is 1. The summed E-state index contributed by atoms with van der Waals surface area (Å²) in [6.45, 7) is 3.13. The highest BCUT2D eigenvalue weighted by Gasteiger charge is 2.20. The lowest BCUT2D eigenvalue weighted by Gasteiger charge is -2.26. The first-order valence-electron chi connectivity index (χ1n) is 6.98. The summed E-state index contributed by atoms with van der Waals surface area (Å²) in [5.74, 6) is 0.767. The molecule has 2 aromatic rings. The smallest absolute Gasteiger partial charge is 0.271 e. The Bertz CT molecular complexity index is 632. The number of hydrogen-bond acceptors (Lipinski definition) is 4. The maximum atomic E-state index is 12.4. The Morgan fingerprint density at radius 3 is 2.86 bits per heavy atom. The lowest BCUT2D eigenvalue weighted by atomic mass is 10.1. The number of H-pyrrole nitrogens is 1. The SMILES string of the molecule is COc1cccc(-c2cc(C(=O)N3CCNCC3)[nH]n2)c1. The van der Waals surface area contributed by atoms with Gasteiger partial charge in [0, 0.05) is 31.7 Å². The van der Waals surface area contributed by atoms with Crippen molar-refractivity contribution in [3.05, 3.63) is 36.0 Å². The Balaban J connectivity index is 1.80. The Morgan fingerprint density at radius 2 is 2.10 bits per heavy atom. The number of carbonyl (C=O) groups excluding carboxylic acids is 1. The summed E-state index contributed by atoms with van der Waals surface area (Å²) in [5.41, 5.74) is 2.19. The summed E-state index contributed by atoms with van der Waals surface area (Å²) >= 11 is 0. The predicted octanol–water partition coefficient (Wildman–Crippen LogP) is 1.13. The molecule has 2 N–H and O–H groups in total. The summed E-state index contributed by atoms with van der Waals surface area (Å²) in [6.07, 6.45) is 0. The van der Waals surface area contributed by atoms with Gasteiger partial charge in [0.25, 0.3) is 5.91 Å². The van der Waals surface area contributed by atoms with Crippen LogP contribution in [0.15, 0.2) is 30.3 Å². The van der Waals surface area contributed by atoms with E-state index >= 15 is 0 Å². The van der Waals surface area contributed by atoms with Gasteiger partial charge in [-0.2, -0.15) is 5.10 Å². The number of benzene rings is 1. The van der Waals surface area contributed by atoms with Gasteiger partial charge in [0.1, 0.15) is 11.4 Å². The molecule has 3 rings (SSSR count). The lowest BCUT2D eigenvalue weighted by molar-refractivity contribution is 0.0730. The molecule has 1 aromatic carbocycles. The number of rotatable bonds is 3. The molecule has 0 saturated carbocycles. The van der Waals surface area contributed by atoms with Crippen molar-refractivity contribution in [2.75, 3.05) is 33.3 Å². The molecule has 0 aliphatic carbocycles. The van der Waals surface area contributed by atoms with Crippen molar-refractivity contribution >= 4 is 5.91 Å². The van der Waals surface area contributed by atoms with E-state index in [0.29, 0.717) is 5.69 Å². The van der Waals surface area contributed by atoms with Crippen LogP contribution in [0.4, 0.5) is 0 Å². The molecule has 0 spiro atoms. The van der Waals surface area contributed by atoms with Crippen molar-refractivity contribution in [2.45, 2.75) is 0 Å². The minimum absolute atomic E-state index is 0.00172. The molecular formula is C15H18N4O2. The molecule has 0 atom stereocenters. The fourth-order valence-electron chi connectivity index (χ4n) is 2.40. The van der Waals surface area contributed by atoms with Gasteiger partial charge in [-0.1, -0.05) is 12.1 Å². The first-order chi connectivity index (χ1) is 10.3. The Hall–Kier alpha value is -2.34. The first kappa shape index (κ1) is 13.6. The van der Waals surface area contributed by atoms with E-state index in [1.807, 2.05) is 29.2 Å². The number of amides is 1. The zero-order valence-corrected chi connectivity index (χ0v) is 11.9. The highest BCUT2D eigenvalue weighted by Crippen LogP contribution is 2.22. The molecule has 110 valence electrons. The van der Waals surface area contributed by atoms with Gasteiger partial charge in [0.2, 0.25) is 0 Å². The van der Waals surface area contributed by atoms with Crippen molar-refractivity contribution in [3.63, 3.8) is 0 Å². The molecule has 6 nitrogen and oxygen atoms in total. The predicted molar refractivity (Wildman–Crippen MR) is 79.3 cm³/mol. The molecule has 0 bridgehead atoms. The van der Waals surface area contributed by atoms with Gasteiger partial charge in [-0.25, -0.2) is 0 Å². The zero-order chi connectivity index (χ0) is 14.7. The van der Waals surface area contributed by atoms with E-state index in [4.69, 9.17) is 4.74 Å². The van der Waals surface area contributed by atoms with Crippen LogP contribution >= 0.6 is 0 Å². The second-order valence-corrected chi connectivity index (χ2v) is 4.94. The summed E-state index contributed by atoms with van der Waals surface area (Å²) in [5, 5.41) is 10.3. The van der Waals surface area contributed by atoms with Crippen LogP contribution in [0.1, 0.15) is 10.5 Å². The van der Waals surface area contributed by atoms with Gasteiger partial charge in [-0.3, -0.25) is 9.89 Å². The average molecular weight is 286 g/mol. The molecule has 1 saturated heterocycles. The van der Waals surface area contributed by atoms with Gasteiger partial charge >= 0.3 is 0 Å². The quantitative estimate of drug-likeness (QED) is 0.887. The zero-order valence-electron chi connectivity index (χ0n) is 11.9. The van der Waals surface area contributed by atoms with Crippen LogP contribution in [0.3, 0.4) is 0 Å². The van der Waals surface area contributed by atoms with Gasteiger partial charge in [0.15, 0.2) is 0 Å². The number of methoxy groups -OCH3 is 1. The third-order valence-electron chi connectivity index (χ3n) is 3.58. The number of nitrogens with zero attached hydrogens (tertiary/aromatic N) is 2. The minimum Gasteiger partial charge on any atom is -0.497 e. The molecule has 1 aliphatic heterocycles. The number of hydrogen-bond donors (Lipinski definition) is 2. The van der Waals surface area contributed by atoms with Crippen LogP contribution < -0.4 is 10.1 Å². The normalized spacial score (nSPS) is 15.0. The van der Waals surface area contributed by atoms with Crippen molar-refractivity contribution in [3.8, 4) is 17.0 Å². The van der Waals surface area contributed by atoms with Gasteiger partial charge in [0.05, 0.1) is 12.8 Å². The molecule has 2 heterocycles. The van der Waals surface area contributed by atoms with E-state index in [0.717, 1.165) is 43.2 Å². The van der Waals surface area contributed by atoms with Crippen molar-refractivity contribution in [1.29, 1.82) is 0 Å². The van der Waals surface area contributed by atoms with Crippen molar-refractivity contribution in [2.24, 2.45) is 0 Å². The number of aromatic nitrogens is 2. The van der Waals surface area contributed by atoms with Gasteiger partial charge < -0.3 is 15.0 Å². The number of ether oxygens (including phenoxy) is 1.